The van der Waals surface area contributed by atoms with Crippen molar-refractivity contribution in [3.05, 3.63) is 23.8 Å². The summed E-state index contributed by atoms with van der Waals surface area (Å²) < 4.78 is 36.4. The van der Waals surface area contributed by atoms with Gasteiger partial charge in [0, 0.05) is 13.0 Å². The Morgan fingerprint density at radius 2 is 1.95 bits per heavy atom. The first-order chi connectivity index (χ1) is 9.65. The molecule has 1 aromatic rings. The first-order valence-corrected chi connectivity index (χ1v) is 6.15. The molecule has 0 fully saturated rings. The summed E-state index contributed by atoms with van der Waals surface area (Å²) in [4.78, 5) is 23.7. The largest absolute Gasteiger partial charge is 0.478 e. The Labute approximate surface area is 119 Å². The van der Waals surface area contributed by atoms with Crippen LogP contribution in [-0.2, 0) is 4.79 Å². The summed E-state index contributed by atoms with van der Waals surface area (Å²) in [6.45, 7) is 1.73. The van der Waals surface area contributed by atoms with E-state index in [1.165, 1.54) is 12.1 Å². The van der Waals surface area contributed by atoms with Crippen molar-refractivity contribution in [3.8, 4) is 0 Å². The van der Waals surface area contributed by atoms with Gasteiger partial charge in [-0.1, -0.05) is 0 Å². The lowest BCUT2D eigenvalue weighted by atomic mass is 10.1. The van der Waals surface area contributed by atoms with Gasteiger partial charge in [-0.2, -0.15) is 13.2 Å². The number of benzene rings is 1. The van der Waals surface area contributed by atoms with E-state index < -0.39 is 30.9 Å². The average molecular weight is 304 g/mol. The Hall–Kier alpha value is -2.25. The lowest BCUT2D eigenvalue weighted by Crippen LogP contribution is -2.32. The van der Waals surface area contributed by atoms with E-state index in [1.54, 1.807) is 6.92 Å². The quantitative estimate of drug-likeness (QED) is 0.819. The van der Waals surface area contributed by atoms with Gasteiger partial charge < -0.3 is 15.7 Å². The molecule has 0 aromatic heterocycles. The van der Waals surface area contributed by atoms with Gasteiger partial charge in [0.1, 0.15) is 0 Å². The standard InChI is InChI=1S/C13H15F3N2O3/c1-2-18(11(19)5-6-13(14,15)16)10-4-3-8(12(20)21)7-9(10)17/h3-4,7H,2,5-6,17H2,1H3,(H,20,21). The zero-order chi connectivity index (χ0) is 16.2. The molecular weight excluding hydrogens is 289 g/mol. The van der Waals surface area contributed by atoms with Crippen LogP contribution in [0, 0.1) is 0 Å². The number of carbonyl (C=O) groups excluding carboxylic acids is 1. The molecule has 0 radical (unpaired) electrons. The maximum absolute atomic E-state index is 12.1. The van der Waals surface area contributed by atoms with Gasteiger partial charge in [0.15, 0.2) is 0 Å². The zero-order valence-corrected chi connectivity index (χ0v) is 11.3. The second-order valence-electron chi connectivity index (χ2n) is 4.33. The number of hydrogen-bond donors (Lipinski definition) is 2. The predicted molar refractivity (Wildman–Crippen MR) is 71.1 cm³/mol. The van der Waals surface area contributed by atoms with E-state index in [0.29, 0.717) is 0 Å². The summed E-state index contributed by atoms with van der Waals surface area (Å²) in [5.74, 6) is -1.90. The highest BCUT2D eigenvalue weighted by Gasteiger charge is 2.29. The van der Waals surface area contributed by atoms with Crippen LogP contribution < -0.4 is 10.6 Å². The van der Waals surface area contributed by atoms with Crippen LogP contribution in [0.3, 0.4) is 0 Å². The van der Waals surface area contributed by atoms with Crippen molar-refractivity contribution in [1.82, 2.24) is 0 Å². The smallest absolute Gasteiger partial charge is 0.389 e. The topological polar surface area (TPSA) is 83.6 Å². The van der Waals surface area contributed by atoms with Crippen LogP contribution in [0.5, 0.6) is 0 Å². The molecule has 0 spiro atoms. The van der Waals surface area contributed by atoms with Crippen molar-refractivity contribution in [2.75, 3.05) is 17.2 Å². The number of hydrogen-bond acceptors (Lipinski definition) is 3. The summed E-state index contributed by atoms with van der Waals surface area (Å²) in [5, 5.41) is 8.82. The van der Waals surface area contributed by atoms with Gasteiger partial charge >= 0.3 is 12.1 Å². The van der Waals surface area contributed by atoms with Gasteiger partial charge in [-0.3, -0.25) is 4.79 Å². The Morgan fingerprint density at radius 1 is 1.33 bits per heavy atom. The van der Waals surface area contributed by atoms with Crippen LogP contribution in [0.4, 0.5) is 24.5 Å². The van der Waals surface area contributed by atoms with Crippen LogP contribution in [0.1, 0.15) is 30.1 Å². The molecule has 1 amide bonds. The fraction of sp³-hybridized carbons (Fsp3) is 0.385. The first kappa shape index (κ1) is 16.8. The third-order valence-electron chi connectivity index (χ3n) is 2.80. The molecule has 5 nitrogen and oxygen atoms in total. The minimum Gasteiger partial charge on any atom is -0.478 e. The number of anilines is 2. The summed E-state index contributed by atoms with van der Waals surface area (Å²) in [6.07, 6.45) is -6.30. The number of nitrogen functional groups attached to an aromatic ring is 1. The van der Waals surface area contributed by atoms with E-state index in [9.17, 15) is 22.8 Å². The number of rotatable bonds is 5. The molecule has 0 aliphatic rings. The molecule has 1 aromatic carbocycles. The number of aromatic carboxylic acids is 1. The highest BCUT2D eigenvalue weighted by Crippen LogP contribution is 2.27. The minimum atomic E-state index is -4.41. The molecule has 21 heavy (non-hydrogen) atoms. The normalized spacial score (nSPS) is 11.2. The van der Waals surface area contributed by atoms with Crippen LogP contribution in [-0.4, -0.2) is 29.7 Å². The van der Waals surface area contributed by atoms with E-state index >= 15 is 0 Å². The Morgan fingerprint density at radius 3 is 2.38 bits per heavy atom. The van der Waals surface area contributed by atoms with Crippen LogP contribution in [0.25, 0.3) is 0 Å². The number of nitrogens with two attached hydrogens (primary N) is 1. The van der Waals surface area contributed by atoms with E-state index in [2.05, 4.69) is 0 Å². The lowest BCUT2D eigenvalue weighted by Gasteiger charge is -2.23. The van der Waals surface area contributed by atoms with Crippen molar-refractivity contribution in [2.24, 2.45) is 0 Å². The second-order valence-corrected chi connectivity index (χ2v) is 4.33. The SMILES string of the molecule is CCN(C(=O)CCC(F)(F)F)c1ccc(C(=O)O)cc1N. The number of alkyl halides is 3. The van der Waals surface area contributed by atoms with E-state index in [0.717, 1.165) is 11.0 Å². The maximum atomic E-state index is 12.1. The second kappa shape index (κ2) is 6.47. The van der Waals surface area contributed by atoms with Gasteiger partial charge in [-0.25, -0.2) is 4.79 Å². The molecule has 0 saturated carbocycles. The summed E-state index contributed by atoms with van der Waals surface area (Å²) in [7, 11) is 0. The molecule has 0 aliphatic heterocycles. The fourth-order valence-corrected chi connectivity index (χ4v) is 1.80. The van der Waals surface area contributed by atoms with Crippen molar-refractivity contribution in [2.45, 2.75) is 25.9 Å². The molecule has 1 rings (SSSR count). The zero-order valence-electron chi connectivity index (χ0n) is 11.3. The number of nitrogens with zero attached hydrogens (tertiary/aromatic N) is 1. The molecule has 0 heterocycles. The third kappa shape index (κ3) is 4.66. The summed E-state index contributed by atoms with van der Waals surface area (Å²) >= 11 is 0. The molecule has 0 bridgehead atoms. The lowest BCUT2D eigenvalue weighted by molar-refractivity contribution is -0.143. The molecule has 3 N–H and O–H groups in total. The summed E-state index contributed by atoms with van der Waals surface area (Å²) in [5.41, 5.74) is 5.84. The van der Waals surface area contributed by atoms with Crippen LogP contribution in [0.2, 0.25) is 0 Å². The van der Waals surface area contributed by atoms with Gasteiger partial charge in [0.2, 0.25) is 5.91 Å². The Bertz CT molecular complexity index is 544. The molecule has 0 saturated heterocycles. The van der Waals surface area contributed by atoms with Gasteiger partial charge in [-0.15, -0.1) is 0 Å². The highest BCUT2D eigenvalue weighted by molar-refractivity contribution is 5.98. The fourth-order valence-electron chi connectivity index (χ4n) is 1.80. The molecule has 8 heteroatoms. The van der Waals surface area contributed by atoms with Crippen molar-refractivity contribution >= 4 is 23.3 Å². The number of halogens is 3. The average Bonchev–Trinajstić information content (AvgIpc) is 2.38. The summed E-state index contributed by atoms with van der Waals surface area (Å²) in [6, 6.07) is 3.72. The van der Waals surface area contributed by atoms with Gasteiger partial charge in [-0.05, 0) is 25.1 Å². The van der Waals surface area contributed by atoms with Crippen molar-refractivity contribution in [1.29, 1.82) is 0 Å². The molecule has 0 atom stereocenters. The van der Waals surface area contributed by atoms with Crippen molar-refractivity contribution < 1.29 is 27.9 Å². The van der Waals surface area contributed by atoms with E-state index in [4.69, 9.17) is 10.8 Å². The Balaban J connectivity index is 2.94. The third-order valence-corrected chi connectivity index (χ3v) is 2.80. The number of carboxylic acid groups (broad SMARTS) is 1. The van der Waals surface area contributed by atoms with Crippen LogP contribution >= 0.6 is 0 Å². The minimum absolute atomic E-state index is 0.0251. The molecule has 0 unspecified atom stereocenters. The monoisotopic (exact) mass is 304 g/mol. The maximum Gasteiger partial charge on any atom is 0.389 e. The predicted octanol–water partition coefficient (Wildman–Crippen LogP) is 2.66. The molecule has 116 valence electrons. The molecular formula is C13H15F3N2O3. The Kier molecular flexibility index (Phi) is 5.17. The van der Waals surface area contributed by atoms with E-state index in [-0.39, 0.29) is 23.5 Å². The van der Waals surface area contributed by atoms with Gasteiger partial charge in [0.25, 0.3) is 0 Å². The number of carbonyl (C=O) groups is 2. The molecule has 0 aliphatic carbocycles. The van der Waals surface area contributed by atoms with Crippen molar-refractivity contribution in [3.63, 3.8) is 0 Å². The van der Waals surface area contributed by atoms with Gasteiger partial charge in [0.05, 0.1) is 23.4 Å². The number of carboxylic acids is 1. The van der Waals surface area contributed by atoms with Crippen LogP contribution in [0.15, 0.2) is 18.2 Å². The first-order valence-electron chi connectivity index (χ1n) is 6.15. The van der Waals surface area contributed by atoms with E-state index in [1.807, 2.05) is 0 Å². The highest BCUT2D eigenvalue weighted by atomic mass is 19.4. The number of amides is 1.